The zero-order valence-corrected chi connectivity index (χ0v) is 21.1. The van der Waals surface area contributed by atoms with Crippen LogP contribution in [0.5, 0.6) is 0 Å². The van der Waals surface area contributed by atoms with Crippen LogP contribution in [0.15, 0.2) is 90.0 Å². The van der Waals surface area contributed by atoms with E-state index in [1.807, 2.05) is 42.5 Å². The molecular weight excluding hydrogens is 488 g/mol. The Kier molecular flexibility index (Phi) is 7.21. The molecule has 0 aliphatic carbocycles. The summed E-state index contributed by atoms with van der Waals surface area (Å²) in [5.74, 6) is -0.649. The van der Waals surface area contributed by atoms with Crippen molar-refractivity contribution in [1.29, 1.82) is 0 Å². The third kappa shape index (κ3) is 5.50. The number of Topliss-reactive ketones (excluding diaryl/α,β-unsaturated/α-hetero) is 1. The zero-order chi connectivity index (χ0) is 25.8. The summed E-state index contributed by atoms with van der Waals surface area (Å²) >= 11 is 0. The molecule has 7 nitrogen and oxygen atoms in total. The number of aromatic nitrogens is 1. The summed E-state index contributed by atoms with van der Waals surface area (Å²) in [5, 5.41) is 0.754. The Morgan fingerprint density at radius 2 is 1.65 bits per heavy atom. The van der Waals surface area contributed by atoms with Crippen LogP contribution in [0.1, 0.15) is 39.1 Å². The number of carbonyl (C=O) groups excluding carboxylic acids is 2. The summed E-state index contributed by atoms with van der Waals surface area (Å²) in [6, 6.07) is 23.4. The van der Waals surface area contributed by atoms with Gasteiger partial charge in [-0.1, -0.05) is 54.6 Å². The van der Waals surface area contributed by atoms with Crippen LogP contribution in [-0.4, -0.2) is 49.2 Å². The molecule has 0 spiro atoms. The summed E-state index contributed by atoms with van der Waals surface area (Å²) < 4.78 is 33.3. The highest BCUT2D eigenvalue weighted by molar-refractivity contribution is 7.89. The van der Waals surface area contributed by atoms with Crippen molar-refractivity contribution in [3.63, 3.8) is 0 Å². The third-order valence-corrected chi connectivity index (χ3v) is 8.77. The molecule has 1 aliphatic heterocycles. The molecule has 37 heavy (non-hydrogen) atoms. The maximum absolute atomic E-state index is 13.3. The fraction of sp³-hybridized carbons (Fsp3) is 0.241. The predicted molar refractivity (Wildman–Crippen MR) is 141 cm³/mol. The average molecular weight is 517 g/mol. The number of hydrogen-bond donors (Lipinski definition) is 1. The minimum Gasteiger partial charge on any atom is -0.454 e. The van der Waals surface area contributed by atoms with Gasteiger partial charge in [0.15, 0.2) is 6.61 Å². The van der Waals surface area contributed by atoms with Crippen LogP contribution >= 0.6 is 0 Å². The van der Waals surface area contributed by atoms with Crippen molar-refractivity contribution in [2.75, 3.05) is 19.7 Å². The maximum atomic E-state index is 13.3. The standard InChI is InChI=1S/C29H28N2O5S/c32-28(26-19-30-27-12-5-4-11-25(26)27)20-36-29(33)23-9-6-10-24(18-23)37(34,35)31-15-13-22(14-16-31)17-21-7-2-1-3-8-21/h1-12,18-19,22,30H,13-17,20H2. The van der Waals surface area contributed by atoms with Gasteiger partial charge in [0.2, 0.25) is 15.8 Å². The smallest absolute Gasteiger partial charge is 0.338 e. The molecule has 190 valence electrons. The second kappa shape index (κ2) is 10.7. The van der Waals surface area contributed by atoms with Crippen LogP contribution in [0.4, 0.5) is 0 Å². The highest BCUT2D eigenvalue weighted by Gasteiger charge is 2.30. The van der Waals surface area contributed by atoms with Crippen LogP contribution in [0, 0.1) is 5.92 Å². The van der Waals surface area contributed by atoms with Crippen LogP contribution in [0.3, 0.4) is 0 Å². The Labute approximate surface area is 216 Å². The number of aromatic amines is 1. The number of H-pyrrole nitrogens is 1. The first-order chi connectivity index (χ1) is 17.9. The van der Waals surface area contributed by atoms with Crippen LogP contribution in [0.25, 0.3) is 10.9 Å². The van der Waals surface area contributed by atoms with Crippen molar-refractivity contribution in [3.8, 4) is 0 Å². The van der Waals surface area contributed by atoms with Gasteiger partial charge in [-0.15, -0.1) is 0 Å². The average Bonchev–Trinajstić information content (AvgIpc) is 3.37. The van der Waals surface area contributed by atoms with Crippen LogP contribution in [0.2, 0.25) is 0 Å². The van der Waals surface area contributed by atoms with Gasteiger partial charge in [-0.25, -0.2) is 13.2 Å². The molecular formula is C29H28N2O5S. The third-order valence-electron chi connectivity index (χ3n) is 6.87. The van der Waals surface area contributed by atoms with Gasteiger partial charge >= 0.3 is 5.97 Å². The van der Waals surface area contributed by atoms with E-state index in [9.17, 15) is 18.0 Å². The Bertz CT molecular complexity index is 1520. The molecule has 3 aromatic carbocycles. The number of piperidine rings is 1. The molecule has 1 aliphatic rings. The molecule has 1 fully saturated rings. The first-order valence-corrected chi connectivity index (χ1v) is 13.8. The largest absolute Gasteiger partial charge is 0.454 e. The lowest BCUT2D eigenvalue weighted by Crippen LogP contribution is -2.38. The number of esters is 1. The number of nitrogens with one attached hydrogen (secondary N) is 1. The summed E-state index contributed by atoms with van der Waals surface area (Å²) in [6.45, 7) is 0.438. The van der Waals surface area contributed by atoms with Crippen LogP contribution < -0.4 is 0 Å². The molecule has 8 heteroatoms. The normalized spacial score (nSPS) is 15.0. The fourth-order valence-corrected chi connectivity index (χ4v) is 6.34. The highest BCUT2D eigenvalue weighted by Crippen LogP contribution is 2.27. The molecule has 0 bridgehead atoms. The first-order valence-electron chi connectivity index (χ1n) is 12.3. The molecule has 1 aromatic heterocycles. The second-order valence-electron chi connectivity index (χ2n) is 9.31. The lowest BCUT2D eigenvalue weighted by Gasteiger charge is -2.31. The van der Waals surface area contributed by atoms with E-state index in [-0.39, 0.29) is 16.2 Å². The van der Waals surface area contributed by atoms with Gasteiger partial charge in [-0.2, -0.15) is 4.31 Å². The Hall–Kier alpha value is -3.75. The zero-order valence-electron chi connectivity index (χ0n) is 20.3. The molecule has 1 saturated heterocycles. The van der Waals surface area contributed by atoms with Gasteiger partial charge in [-0.3, -0.25) is 4.79 Å². The number of fused-ring (bicyclic) bond motifs is 1. The van der Waals surface area contributed by atoms with E-state index in [1.165, 1.54) is 34.1 Å². The van der Waals surface area contributed by atoms with Crippen molar-refractivity contribution in [1.82, 2.24) is 9.29 Å². The van der Waals surface area contributed by atoms with E-state index in [1.54, 1.807) is 6.20 Å². The van der Waals surface area contributed by atoms with Gasteiger partial charge in [0.1, 0.15) is 0 Å². The predicted octanol–water partition coefficient (Wildman–Crippen LogP) is 4.85. The quantitative estimate of drug-likeness (QED) is 0.267. The van der Waals surface area contributed by atoms with E-state index in [0.717, 1.165) is 30.2 Å². The van der Waals surface area contributed by atoms with Gasteiger partial charge in [-0.05, 0) is 55.0 Å². The second-order valence-corrected chi connectivity index (χ2v) is 11.3. The van der Waals surface area contributed by atoms with E-state index in [4.69, 9.17) is 4.74 Å². The van der Waals surface area contributed by atoms with Crippen LogP contribution in [-0.2, 0) is 21.2 Å². The number of para-hydroxylation sites is 1. The molecule has 4 aromatic rings. The minimum absolute atomic E-state index is 0.0476. The molecule has 0 radical (unpaired) electrons. The topological polar surface area (TPSA) is 96.5 Å². The van der Waals surface area contributed by atoms with Crippen molar-refractivity contribution < 1.29 is 22.7 Å². The van der Waals surface area contributed by atoms with Crippen molar-refractivity contribution in [2.45, 2.75) is 24.2 Å². The molecule has 5 rings (SSSR count). The summed E-state index contributed by atoms with van der Waals surface area (Å²) in [4.78, 5) is 28.4. The molecule has 1 N–H and O–H groups in total. The first kappa shape index (κ1) is 24.9. The summed E-state index contributed by atoms with van der Waals surface area (Å²) in [7, 11) is -3.75. The Morgan fingerprint density at radius 1 is 0.919 bits per heavy atom. The number of benzene rings is 3. The molecule has 0 unspecified atom stereocenters. The lowest BCUT2D eigenvalue weighted by atomic mass is 9.91. The van der Waals surface area contributed by atoms with Gasteiger partial charge < -0.3 is 9.72 Å². The number of ketones is 1. The van der Waals surface area contributed by atoms with E-state index >= 15 is 0 Å². The minimum atomic E-state index is -3.75. The van der Waals surface area contributed by atoms with Crippen molar-refractivity contribution in [2.24, 2.45) is 5.92 Å². The maximum Gasteiger partial charge on any atom is 0.338 e. The number of carbonyl (C=O) groups is 2. The summed E-state index contributed by atoms with van der Waals surface area (Å²) in [5.41, 5.74) is 2.61. The summed E-state index contributed by atoms with van der Waals surface area (Å²) in [6.07, 6.45) is 4.10. The Balaban J connectivity index is 1.21. The lowest BCUT2D eigenvalue weighted by molar-refractivity contribution is 0.0475. The number of hydrogen-bond acceptors (Lipinski definition) is 5. The molecule has 0 amide bonds. The van der Waals surface area contributed by atoms with E-state index < -0.39 is 22.6 Å². The van der Waals surface area contributed by atoms with Crippen molar-refractivity contribution in [3.05, 3.63) is 102 Å². The number of ether oxygens (including phenoxy) is 1. The van der Waals surface area contributed by atoms with Gasteiger partial charge in [0.25, 0.3) is 0 Å². The molecule has 2 heterocycles. The fourth-order valence-electron chi connectivity index (χ4n) is 4.83. The highest BCUT2D eigenvalue weighted by atomic mass is 32.2. The monoisotopic (exact) mass is 516 g/mol. The number of rotatable bonds is 8. The van der Waals surface area contributed by atoms with Crippen molar-refractivity contribution >= 4 is 32.7 Å². The van der Waals surface area contributed by atoms with Gasteiger partial charge in [0, 0.05) is 35.8 Å². The molecule has 0 atom stereocenters. The Morgan fingerprint density at radius 3 is 2.43 bits per heavy atom. The number of nitrogens with zero attached hydrogens (tertiary/aromatic N) is 1. The molecule has 0 saturated carbocycles. The SMILES string of the molecule is O=C(OCC(=O)c1c[nH]c2ccccc12)c1cccc(S(=O)(=O)N2CCC(Cc3ccccc3)CC2)c1. The van der Waals surface area contributed by atoms with E-state index in [2.05, 4.69) is 17.1 Å². The number of sulfonamides is 1. The van der Waals surface area contributed by atoms with E-state index in [0.29, 0.717) is 24.6 Å². The van der Waals surface area contributed by atoms with Gasteiger partial charge in [0.05, 0.1) is 10.5 Å².